The second-order valence-corrected chi connectivity index (χ2v) is 7.71. The molecule has 1 amide bonds. The van der Waals surface area contributed by atoms with E-state index in [-0.39, 0.29) is 5.91 Å². The van der Waals surface area contributed by atoms with Gasteiger partial charge in [-0.25, -0.2) is 0 Å². The van der Waals surface area contributed by atoms with E-state index in [9.17, 15) is 4.79 Å². The van der Waals surface area contributed by atoms with Gasteiger partial charge in [-0.1, -0.05) is 30.2 Å². The summed E-state index contributed by atoms with van der Waals surface area (Å²) in [7, 11) is 0. The second kappa shape index (κ2) is 7.76. The molecule has 0 saturated carbocycles. The highest BCUT2D eigenvalue weighted by atomic mass is 35.5. The van der Waals surface area contributed by atoms with Crippen LogP contribution >= 0.6 is 11.6 Å². The van der Waals surface area contributed by atoms with Crippen molar-refractivity contribution < 1.29 is 4.79 Å². The van der Waals surface area contributed by atoms with Gasteiger partial charge in [-0.15, -0.1) is 10.2 Å². The van der Waals surface area contributed by atoms with Crippen molar-refractivity contribution in [1.29, 1.82) is 0 Å². The Morgan fingerprint density at radius 1 is 1.11 bits per heavy atom. The van der Waals surface area contributed by atoms with Crippen molar-refractivity contribution in [2.75, 3.05) is 5.32 Å². The average molecular weight is 395 g/mol. The Bertz CT molecular complexity index is 1040. The number of aromatic nitrogens is 3. The number of nitrogens with zero attached hydrogens (tertiary/aromatic N) is 3. The van der Waals surface area contributed by atoms with Crippen LogP contribution < -0.4 is 5.32 Å². The van der Waals surface area contributed by atoms with Crippen LogP contribution in [-0.4, -0.2) is 20.7 Å². The third kappa shape index (κ3) is 3.54. The van der Waals surface area contributed by atoms with Crippen LogP contribution in [0.3, 0.4) is 0 Å². The fourth-order valence-corrected chi connectivity index (χ4v) is 3.86. The third-order valence-electron chi connectivity index (χ3n) is 5.42. The van der Waals surface area contributed by atoms with Gasteiger partial charge in [0.1, 0.15) is 5.82 Å². The molecule has 6 heteroatoms. The Morgan fingerprint density at radius 3 is 2.82 bits per heavy atom. The van der Waals surface area contributed by atoms with E-state index < -0.39 is 0 Å². The summed E-state index contributed by atoms with van der Waals surface area (Å²) >= 11 is 6.48. The molecule has 1 aliphatic heterocycles. The molecule has 5 nitrogen and oxygen atoms in total. The van der Waals surface area contributed by atoms with Crippen LogP contribution in [0.1, 0.15) is 46.6 Å². The summed E-state index contributed by atoms with van der Waals surface area (Å²) < 4.78 is 2.16. The minimum Gasteiger partial charge on any atom is -0.322 e. The van der Waals surface area contributed by atoms with E-state index in [1.807, 2.05) is 44.2 Å². The Kier molecular flexibility index (Phi) is 5.18. The molecular weight excluding hydrogens is 372 g/mol. The first-order valence-corrected chi connectivity index (χ1v) is 10.0. The number of aryl methyl sites for hydroxylation is 2. The number of anilines is 1. The SMILES string of the molecule is Cc1cccc(C(=O)Nc2ccc(Cl)c(-c3nnc4n3CCCCC4)c2)c1C. The van der Waals surface area contributed by atoms with E-state index in [0.717, 1.165) is 54.1 Å². The van der Waals surface area contributed by atoms with Gasteiger partial charge in [-0.3, -0.25) is 4.79 Å². The molecule has 28 heavy (non-hydrogen) atoms. The van der Waals surface area contributed by atoms with Gasteiger partial charge in [0, 0.05) is 29.8 Å². The van der Waals surface area contributed by atoms with E-state index >= 15 is 0 Å². The molecule has 0 aliphatic carbocycles. The molecule has 1 aliphatic rings. The van der Waals surface area contributed by atoms with Crippen molar-refractivity contribution in [3.63, 3.8) is 0 Å². The number of hydrogen-bond donors (Lipinski definition) is 1. The minimum atomic E-state index is -0.130. The maximum Gasteiger partial charge on any atom is 0.255 e. The number of rotatable bonds is 3. The summed E-state index contributed by atoms with van der Waals surface area (Å²) in [5.74, 6) is 1.65. The Hall–Kier alpha value is -2.66. The summed E-state index contributed by atoms with van der Waals surface area (Å²) in [5.41, 5.74) is 4.23. The number of hydrogen-bond acceptors (Lipinski definition) is 3. The largest absolute Gasteiger partial charge is 0.322 e. The highest BCUT2D eigenvalue weighted by molar-refractivity contribution is 6.33. The van der Waals surface area contributed by atoms with Crippen molar-refractivity contribution in [1.82, 2.24) is 14.8 Å². The fraction of sp³-hybridized carbons (Fsp3) is 0.318. The van der Waals surface area contributed by atoms with Gasteiger partial charge in [0.15, 0.2) is 5.82 Å². The van der Waals surface area contributed by atoms with E-state index in [2.05, 4.69) is 20.1 Å². The van der Waals surface area contributed by atoms with E-state index in [0.29, 0.717) is 16.3 Å². The average Bonchev–Trinajstić information content (AvgIpc) is 2.93. The van der Waals surface area contributed by atoms with Crippen molar-refractivity contribution in [2.24, 2.45) is 0 Å². The zero-order valence-electron chi connectivity index (χ0n) is 16.1. The second-order valence-electron chi connectivity index (χ2n) is 7.30. The lowest BCUT2D eigenvalue weighted by Crippen LogP contribution is -2.14. The van der Waals surface area contributed by atoms with Gasteiger partial charge in [-0.2, -0.15) is 0 Å². The van der Waals surface area contributed by atoms with Crippen LogP contribution in [0.5, 0.6) is 0 Å². The standard InChI is InChI=1S/C22H23ClN4O/c1-14-7-6-8-17(15(14)2)22(28)24-16-10-11-19(23)18(13-16)21-26-25-20-9-4-3-5-12-27(20)21/h6-8,10-11,13H,3-5,9,12H2,1-2H3,(H,24,28). The summed E-state index contributed by atoms with van der Waals surface area (Å²) in [6.07, 6.45) is 4.38. The highest BCUT2D eigenvalue weighted by Crippen LogP contribution is 2.31. The molecule has 4 rings (SSSR count). The smallest absolute Gasteiger partial charge is 0.255 e. The third-order valence-corrected chi connectivity index (χ3v) is 5.75. The predicted octanol–water partition coefficient (Wildman–Crippen LogP) is 5.19. The van der Waals surface area contributed by atoms with Crippen molar-refractivity contribution in [3.8, 4) is 11.4 Å². The lowest BCUT2D eigenvalue weighted by atomic mass is 10.0. The first-order chi connectivity index (χ1) is 13.5. The molecule has 2 heterocycles. The molecule has 0 bridgehead atoms. The van der Waals surface area contributed by atoms with Crippen molar-refractivity contribution in [2.45, 2.75) is 46.1 Å². The normalized spacial score (nSPS) is 13.7. The predicted molar refractivity (Wildman–Crippen MR) is 112 cm³/mol. The minimum absolute atomic E-state index is 0.130. The number of fused-ring (bicyclic) bond motifs is 1. The van der Waals surface area contributed by atoms with Crippen molar-refractivity contribution >= 4 is 23.2 Å². The molecule has 2 aromatic carbocycles. The highest BCUT2D eigenvalue weighted by Gasteiger charge is 2.19. The molecule has 144 valence electrons. The van der Waals surface area contributed by atoms with E-state index in [1.165, 1.54) is 6.42 Å². The summed E-state index contributed by atoms with van der Waals surface area (Å²) in [4.78, 5) is 12.8. The molecule has 0 unspecified atom stereocenters. The summed E-state index contributed by atoms with van der Waals surface area (Å²) in [6, 6.07) is 11.2. The fourth-order valence-electron chi connectivity index (χ4n) is 3.65. The van der Waals surface area contributed by atoms with Crippen LogP contribution in [0.25, 0.3) is 11.4 Å². The van der Waals surface area contributed by atoms with Crippen LogP contribution in [0.4, 0.5) is 5.69 Å². The van der Waals surface area contributed by atoms with Gasteiger partial charge < -0.3 is 9.88 Å². The lowest BCUT2D eigenvalue weighted by Gasteiger charge is -2.12. The molecule has 1 aromatic heterocycles. The van der Waals surface area contributed by atoms with Crippen molar-refractivity contribution in [3.05, 3.63) is 63.9 Å². The monoisotopic (exact) mass is 394 g/mol. The first kappa shape index (κ1) is 18.7. The molecule has 0 atom stereocenters. The molecule has 0 saturated heterocycles. The van der Waals surface area contributed by atoms with Crippen LogP contribution in [-0.2, 0) is 13.0 Å². The van der Waals surface area contributed by atoms with Crippen LogP contribution in [0, 0.1) is 13.8 Å². The summed E-state index contributed by atoms with van der Waals surface area (Å²) in [5, 5.41) is 12.3. The van der Waals surface area contributed by atoms with Gasteiger partial charge in [0.2, 0.25) is 0 Å². The van der Waals surface area contributed by atoms with Gasteiger partial charge in [-0.05, 0) is 62.1 Å². The topological polar surface area (TPSA) is 59.8 Å². The number of benzene rings is 2. The molecule has 0 fully saturated rings. The van der Waals surface area contributed by atoms with Gasteiger partial charge >= 0.3 is 0 Å². The maximum atomic E-state index is 12.8. The molecule has 0 radical (unpaired) electrons. The summed E-state index contributed by atoms with van der Waals surface area (Å²) in [6.45, 7) is 4.86. The molecule has 3 aromatic rings. The number of halogens is 1. The van der Waals surface area contributed by atoms with Gasteiger partial charge in [0.05, 0.1) is 5.02 Å². The van der Waals surface area contributed by atoms with Gasteiger partial charge in [0.25, 0.3) is 5.91 Å². The first-order valence-electron chi connectivity index (χ1n) is 9.64. The van der Waals surface area contributed by atoms with E-state index in [1.54, 1.807) is 6.07 Å². The lowest BCUT2D eigenvalue weighted by molar-refractivity contribution is 0.102. The zero-order valence-corrected chi connectivity index (χ0v) is 16.9. The van der Waals surface area contributed by atoms with Crippen LogP contribution in [0.2, 0.25) is 5.02 Å². The van der Waals surface area contributed by atoms with E-state index in [4.69, 9.17) is 11.6 Å². The number of carbonyl (C=O) groups excluding carboxylic acids is 1. The van der Waals surface area contributed by atoms with Crippen LogP contribution in [0.15, 0.2) is 36.4 Å². The Morgan fingerprint density at radius 2 is 1.96 bits per heavy atom. The maximum absolute atomic E-state index is 12.8. The molecular formula is C22H23ClN4O. The number of nitrogens with one attached hydrogen (secondary N) is 1. The number of carbonyl (C=O) groups is 1. The Labute approximate surface area is 169 Å². The zero-order chi connectivity index (χ0) is 19.7. The Balaban J connectivity index is 1.66. The molecule has 0 spiro atoms. The number of amides is 1. The molecule has 1 N–H and O–H groups in total. The quantitative estimate of drug-likeness (QED) is 0.664.